The maximum absolute atomic E-state index is 12.4. The van der Waals surface area contributed by atoms with Crippen LogP contribution in [-0.2, 0) is 21.2 Å². The molecule has 1 aromatic heterocycles. The number of benzene rings is 2. The number of carbonyl (C=O) groups is 1. The Labute approximate surface area is 158 Å². The summed E-state index contributed by atoms with van der Waals surface area (Å²) in [6.07, 6.45) is 1.89. The van der Waals surface area contributed by atoms with Gasteiger partial charge in [0.1, 0.15) is 0 Å². The van der Waals surface area contributed by atoms with E-state index in [0.717, 1.165) is 16.5 Å². The Morgan fingerprint density at radius 1 is 1.04 bits per heavy atom. The fourth-order valence-corrected chi connectivity index (χ4v) is 4.04. The number of pyridine rings is 1. The molecular formula is C20H21N3O3S. The van der Waals surface area contributed by atoms with Crippen molar-refractivity contribution < 1.29 is 13.2 Å². The highest BCUT2D eigenvalue weighted by Crippen LogP contribution is 2.18. The summed E-state index contributed by atoms with van der Waals surface area (Å²) in [4.78, 5) is 16.9. The number of aromatic nitrogens is 1. The van der Waals surface area contributed by atoms with Gasteiger partial charge in [-0.3, -0.25) is 9.78 Å². The van der Waals surface area contributed by atoms with Crippen molar-refractivity contribution in [1.82, 2.24) is 9.71 Å². The van der Waals surface area contributed by atoms with E-state index in [-0.39, 0.29) is 23.3 Å². The lowest BCUT2D eigenvalue weighted by Crippen LogP contribution is -2.30. The SMILES string of the molecule is CC(C)NS(=O)(=O)c1ccc(NC(=O)Cc2cccc3cccnc23)cc1. The van der Waals surface area contributed by atoms with Crippen molar-refractivity contribution in [3.8, 4) is 0 Å². The third kappa shape index (κ3) is 4.69. The quantitative estimate of drug-likeness (QED) is 0.685. The van der Waals surface area contributed by atoms with Crippen LogP contribution in [-0.4, -0.2) is 25.4 Å². The molecule has 0 saturated heterocycles. The zero-order valence-electron chi connectivity index (χ0n) is 15.1. The van der Waals surface area contributed by atoms with E-state index in [9.17, 15) is 13.2 Å². The smallest absolute Gasteiger partial charge is 0.240 e. The Kier molecular flexibility index (Phi) is 5.53. The lowest BCUT2D eigenvalue weighted by Gasteiger charge is -2.11. The number of anilines is 1. The van der Waals surface area contributed by atoms with E-state index in [1.807, 2.05) is 30.3 Å². The molecule has 0 aliphatic heterocycles. The average Bonchev–Trinajstić information content (AvgIpc) is 2.61. The molecule has 0 bridgehead atoms. The molecule has 1 amide bonds. The predicted molar refractivity (Wildman–Crippen MR) is 106 cm³/mol. The number of rotatable bonds is 6. The first kappa shape index (κ1) is 19.0. The van der Waals surface area contributed by atoms with Gasteiger partial charge in [0.15, 0.2) is 0 Å². The van der Waals surface area contributed by atoms with Gasteiger partial charge in [-0.05, 0) is 49.7 Å². The van der Waals surface area contributed by atoms with Crippen molar-refractivity contribution in [2.75, 3.05) is 5.32 Å². The molecule has 1 heterocycles. The van der Waals surface area contributed by atoms with Crippen LogP contribution >= 0.6 is 0 Å². The summed E-state index contributed by atoms with van der Waals surface area (Å²) in [6.45, 7) is 3.52. The molecular weight excluding hydrogens is 362 g/mol. The Morgan fingerprint density at radius 2 is 1.74 bits per heavy atom. The summed E-state index contributed by atoms with van der Waals surface area (Å²) >= 11 is 0. The second kappa shape index (κ2) is 7.85. The highest BCUT2D eigenvalue weighted by atomic mass is 32.2. The largest absolute Gasteiger partial charge is 0.326 e. The molecule has 3 aromatic rings. The fraction of sp³-hybridized carbons (Fsp3) is 0.200. The van der Waals surface area contributed by atoms with Crippen LogP contribution < -0.4 is 10.0 Å². The number of nitrogens with one attached hydrogen (secondary N) is 2. The summed E-state index contributed by atoms with van der Waals surface area (Å²) in [5, 5.41) is 3.77. The molecule has 0 fully saturated rings. The minimum atomic E-state index is -3.55. The van der Waals surface area contributed by atoms with Gasteiger partial charge in [0, 0.05) is 23.3 Å². The Hall–Kier alpha value is -2.77. The number of para-hydroxylation sites is 1. The molecule has 0 unspecified atom stereocenters. The number of nitrogens with zero attached hydrogens (tertiary/aromatic N) is 1. The van der Waals surface area contributed by atoms with E-state index >= 15 is 0 Å². The zero-order chi connectivity index (χ0) is 19.4. The van der Waals surface area contributed by atoms with Gasteiger partial charge in [0.2, 0.25) is 15.9 Å². The molecule has 0 atom stereocenters. The van der Waals surface area contributed by atoms with E-state index in [1.165, 1.54) is 12.1 Å². The van der Waals surface area contributed by atoms with Gasteiger partial charge in [0.25, 0.3) is 0 Å². The number of hydrogen-bond acceptors (Lipinski definition) is 4. The molecule has 0 aliphatic carbocycles. The number of hydrogen-bond donors (Lipinski definition) is 2. The molecule has 140 valence electrons. The van der Waals surface area contributed by atoms with Crippen LogP contribution in [0.2, 0.25) is 0 Å². The highest BCUT2D eigenvalue weighted by molar-refractivity contribution is 7.89. The van der Waals surface area contributed by atoms with Crippen molar-refractivity contribution in [3.05, 3.63) is 66.4 Å². The highest BCUT2D eigenvalue weighted by Gasteiger charge is 2.15. The predicted octanol–water partition coefficient (Wildman–Crippen LogP) is 3.10. The normalized spacial score (nSPS) is 11.7. The molecule has 0 radical (unpaired) electrons. The summed E-state index contributed by atoms with van der Waals surface area (Å²) in [6, 6.07) is 15.4. The second-order valence-electron chi connectivity index (χ2n) is 6.52. The number of carbonyl (C=O) groups excluding carboxylic acids is 1. The second-order valence-corrected chi connectivity index (χ2v) is 8.23. The lowest BCUT2D eigenvalue weighted by atomic mass is 10.1. The molecule has 6 nitrogen and oxygen atoms in total. The lowest BCUT2D eigenvalue weighted by molar-refractivity contribution is -0.115. The Morgan fingerprint density at radius 3 is 2.44 bits per heavy atom. The summed E-state index contributed by atoms with van der Waals surface area (Å²) in [7, 11) is -3.55. The van der Waals surface area contributed by atoms with Crippen molar-refractivity contribution in [3.63, 3.8) is 0 Å². The van der Waals surface area contributed by atoms with Crippen LogP contribution in [0.3, 0.4) is 0 Å². The minimum absolute atomic E-state index is 0.160. The van der Waals surface area contributed by atoms with E-state index in [4.69, 9.17) is 0 Å². The summed E-state index contributed by atoms with van der Waals surface area (Å²) in [5.74, 6) is -0.191. The third-order valence-electron chi connectivity index (χ3n) is 3.91. The van der Waals surface area contributed by atoms with Gasteiger partial charge >= 0.3 is 0 Å². The van der Waals surface area contributed by atoms with Crippen LogP contribution in [0.5, 0.6) is 0 Å². The topological polar surface area (TPSA) is 88.2 Å². The first-order valence-corrected chi connectivity index (χ1v) is 10.1. The van der Waals surface area contributed by atoms with Gasteiger partial charge in [-0.2, -0.15) is 0 Å². The number of amides is 1. The average molecular weight is 383 g/mol. The maximum atomic E-state index is 12.4. The number of fused-ring (bicyclic) bond motifs is 1. The molecule has 2 N–H and O–H groups in total. The van der Waals surface area contributed by atoms with Gasteiger partial charge < -0.3 is 5.32 Å². The Bertz CT molecular complexity index is 1060. The monoisotopic (exact) mass is 383 g/mol. The first-order valence-electron chi connectivity index (χ1n) is 8.60. The standard InChI is InChI=1S/C20H21N3O3S/c1-14(2)23-27(25,26)18-10-8-17(9-11-18)22-19(24)13-16-6-3-5-15-7-4-12-21-20(15)16/h3-12,14,23H,13H2,1-2H3,(H,22,24). The molecule has 0 spiro atoms. The molecule has 2 aromatic carbocycles. The third-order valence-corrected chi connectivity index (χ3v) is 5.58. The van der Waals surface area contributed by atoms with Gasteiger partial charge in [-0.15, -0.1) is 0 Å². The van der Waals surface area contributed by atoms with Crippen molar-refractivity contribution in [2.45, 2.75) is 31.2 Å². The molecule has 27 heavy (non-hydrogen) atoms. The van der Waals surface area contributed by atoms with E-state index in [1.54, 1.807) is 32.2 Å². The van der Waals surface area contributed by atoms with Crippen LogP contribution in [0, 0.1) is 0 Å². The van der Waals surface area contributed by atoms with E-state index in [2.05, 4.69) is 15.0 Å². The Balaban J connectivity index is 1.71. The molecule has 0 saturated carbocycles. The maximum Gasteiger partial charge on any atom is 0.240 e. The van der Waals surface area contributed by atoms with Gasteiger partial charge in [-0.1, -0.05) is 24.3 Å². The zero-order valence-corrected chi connectivity index (χ0v) is 16.0. The van der Waals surface area contributed by atoms with Crippen LogP contribution in [0.4, 0.5) is 5.69 Å². The van der Waals surface area contributed by atoms with E-state index in [0.29, 0.717) is 5.69 Å². The van der Waals surface area contributed by atoms with Crippen LogP contribution in [0.1, 0.15) is 19.4 Å². The molecule has 3 rings (SSSR count). The van der Waals surface area contributed by atoms with Gasteiger partial charge in [0.05, 0.1) is 16.8 Å². The van der Waals surface area contributed by atoms with Crippen molar-refractivity contribution in [2.24, 2.45) is 0 Å². The van der Waals surface area contributed by atoms with Gasteiger partial charge in [-0.25, -0.2) is 13.1 Å². The fourth-order valence-electron chi connectivity index (χ4n) is 2.78. The minimum Gasteiger partial charge on any atom is -0.326 e. The van der Waals surface area contributed by atoms with Crippen LogP contribution in [0.25, 0.3) is 10.9 Å². The summed E-state index contributed by atoms with van der Waals surface area (Å²) in [5.41, 5.74) is 2.18. The molecule has 0 aliphatic rings. The van der Waals surface area contributed by atoms with Crippen LogP contribution in [0.15, 0.2) is 65.7 Å². The van der Waals surface area contributed by atoms with Crippen molar-refractivity contribution >= 4 is 32.5 Å². The summed E-state index contributed by atoms with van der Waals surface area (Å²) < 4.78 is 26.8. The first-order chi connectivity index (χ1) is 12.8. The van der Waals surface area contributed by atoms with Crippen molar-refractivity contribution in [1.29, 1.82) is 0 Å². The number of sulfonamides is 1. The van der Waals surface area contributed by atoms with E-state index < -0.39 is 10.0 Å². The molecule has 7 heteroatoms.